The number of nitrogens with zero attached hydrogens (tertiary/aromatic N) is 2. The van der Waals surface area contributed by atoms with Crippen LogP contribution < -0.4 is 5.32 Å². The highest BCUT2D eigenvalue weighted by Gasteiger charge is 2.56. The van der Waals surface area contributed by atoms with Crippen LogP contribution in [-0.4, -0.2) is 65.8 Å². The molecule has 2 saturated heterocycles. The minimum Gasteiger partial charge on any atom is -0.446 e. The molecule has 2 aliphatic heterocycles. The van der Waals surface area contributed by atoms with Gasteiger partial charge in [0.1, 0.15) is 11.8 Å². The number of ether oxygens (including phenoxy) is 2. The maximum Gasteiger partial charge on any atom is 0.410 e. The maximum absolute atomic E-state index is 12.4. The van der Waals surface area contributed by atoms with E-state index in [1.54, 1.807) is 12.4 Å². The highest BCUT2D eigenvalue weighted by atomic mass is 16.6. The van der Waals surface area contributed by atoms with Crippen LogP contribution in [0.25, 0.3) is 10.9 Å². The Kier molecular flexibility index (Phi) is 4.87. The zero-order valence-electron chi connectivity index (χ0n) is 16.3. The van der Waals surface area contributed by atoms with Crippen LogP contribution in [0, 0.1) is 17.8 Å². The molecule has 2 aromatic heterocycles. The zero-order chi connectivity index (χ0) is 19.8. The number of aromatic amines is 1. The van der Waals surface area contributed by atoms with E-state index in [9.17, 15) is 9.59 Å². The van der Waals surface area contributed by atoms with Crippen molar-refractivity contribution < 1.29 is 19.1 Å². The van der Waals surface area contributed by atoms with Crippen LogP contribution in [0.2, 0.25) is 0 Å². The quantitative estimate of drug-likeness (QED) is 0.805. The molecule has 29 heavy (non-hydrogen) atoms. The average molecular weight is 398 g/mol. The Hall–Kier alpha value is -2.61. The number of rotatable bonds is 5. The van der Waals surface area contributed by atoms with Crippen LogP contribution in [0.5, 0.6) is 0 Å². The second kappa shape index (κ2) is 7.67. The standard InChI is InChI=1S/C21H26N4O4/c26-20(19-9-13-10-22-5-2-18(13)24-19)23-6-1-15-16-11-25(12-17(15)16)21(27)29-14-3-7-28-8-4-14/h2,5,9-10,14-17,24H,1,3-4,6-8,11-12H2,(H,23,26). The molecule has 1 aliphatic carbocycles. The van der Waals surface area contributed by atoms with Crippen molar-refractivity contribution in [2.45, 2.75) is 25.4 Å². The summed E-state index contributed by atoms with van der Waals surface area (Å²) in [4.78, 5) is 33.7. The minimum absolute atomic E-state index is 0.000364. The summed E-state index contributed by atoms with van der Waals surface area (Å²) in [6, 6.07) is 3.68. The van der Waals surface area contributed by atoms with Gasteiger partial charge in [0.15, 0.2) is 0 Å². The van der Waals surface area contributed by atoms with Crippen LogP contribution in [-0.2, 0) is 9.47 Å². The fraction of sp³-hybridized carbons (Fsp3) is 0.571. The summed E-state index contributed by atoms with van der Waals surface area (Å²) in [5.74, 6) is 1.60. The van der Waals surface area contributed by atoms with Gasteiger partial charge in [-0.25, -0.2) is 4.79 Å². The molecule has 3 fully saturated rings. The molecule has 2 aromatic rings. The summed E-state index contributed by atoms with van der Waals surface area (Å²) in [5, 5.41) is 3.93. The molecule has 2 amide bonds. The SMILES string of the molecule is O=C(NCCC1C2CN(C(=O)OC3CCOCC3)CC12)c1cc2cnccc2[nH]1. The minimum atomic E-state index is -0.176. The van der Waals surface area contributed by atoms with Gasteiger partial charge in [-0.1, -0.05) is 0 Å². The molecule has 0 aromatic carbocycles. The Balaban J connectivity index is 1.04. The number of fused-ring (bicyclic) bond motifs is 2. The predicted molar refractivity (Wildman–Crippen MR) is 105 cm³/mol. The topological polar surface area (TPSA) is 96.6 Å². The third kappa shape index (κ3) is 3.81. The van der Waals surface area contributed by atoms with Crippen molar-refractivity contribution in [1.82, 2.24) is 20.2 Å². The molecule has 2 N–H and O–H groups in total. The van der Waals surface area contributed by atoms with E-state index >= 15 is 0 Å². The summed E-state index contributed by atoms with van der Waals surface area (Å²) in [6.07, 6.45) is 5.81. The highest BCUT2D eigenvalue weighted by Crippen LogP contribution is 2.53. The fourth-order valence-electron chi connectivity index (χ4n) is 4.78. The van der Waals surface area contributed by atoms with Crippen molar-refractivity contribution >= 4 is 22.9 Å². The number of likely N-dealkylation sites (tertiary alicyclic amines) is 1. The number of pyridine rings is 1. The molecular formula is C21H26N4O4. The van der Waals surface area contributed by atoms with Crippen molar-refractivity contribution in [3.05, 3.63) is 30.2 Å². The number of nitrogens with one attached hydrogen (secondary N) is 2. The van der Waals surface area contributed by atoms with Crippen molar-refractivity contribution in [3.8, 4) is 0 Å². The van der Waals surface area contributed by atoms with Crippen molar-refractivity contribution in [3.63, 3.8) is 0 Å². The van der Waals surface area contributed by atoms with Gasteiger partial charge in [0, 0.05) is 55.8 Å². The number of hydrogen-bond donors (Lipinski definition) is 2. The number of hydrogen-bond acceptors (Lipinski definition) is 5. The Bertz CT molecular complexity index is 862. The van der Waals surface area contributed by atoms with Gasteiger partial charge in [0.2, 0.25) is 0 Å². The fourth-order valence-corrected chi connectivity index (χ4v) is 4.78. The van der Waals surface area contributed by atoms with E-state index in [0.29, 0.717) is 43.2 Å². The molecular weight excluding hydrogens is 372 g/mol. The van der Waals surface area contributed by atoms with E-state index in [1.165, 1.54) is 0 Å². The zero-order valence-corrected chi connectivity index (χ0v) is 16.3. The third-order valence-corrected chi connectivity index (χ3v) is 6.49. The van der Waals surface area contributed by atoms with Gasteiger partial charge in [0.25, 0.3) is 5.91 Å². The van der Waals surface area contributed by atoms with E-state index in [2.05, 4.69) is 15.3 Å². The van der Waals surface area contributed by atoms with Crippen LogP contribution in [0.3, 0.4) is 0 Å². The van der Waals surface area contributed by atoms with Gasteiger partial charge < -0.3 is 24.7 Å². The second-order valence-corrected chi connectivity index (χ2v) is 8.28. The lowest BCUT2D eigenvalue weighted by molar-refractivity contribution is -0.00949. The summed E-state index contributed by atoms with van der Waals surface area (Å²) in [7, 11) is 0. The van der Waals surface area contributed by atoms with Gasteiger partial charge >= 0.3 is 6.09 Å². The molecule has 0 spiro atoms. The van der Waals surface area contributed by atoms with Crippen molar-refractivity contribution in [1.29, 1.82) is 0 Å². The average Bonchev–Trinajstić information content (AvgIpc) is 3.11. The van der Waals surface area contributed by atoms with E-state index in [1.807, 2.05) is 17.0 Å². The molecule has 3 aliphatic rings. The molecule has 1 saturated carbocycles. The molecule has 8 nitrogen and oxygen atoms in total. The first-order valence-corrected chi connectivity index (χ1v) is 10.4. The van der Waals surface area contributed by atoms with Gasteiger partial charge in [-0.15, -0.1) is 0 Å². The molecule has 2 atom stereocenters. The molecule has 8 heteroatoms. The number of amides is 2. The van der Waals surface area contributed by atoms with E-state index in [4.69, 9.17) is 9.47 Å². The van der Waals surface area contributed by atoms with Gasteiger partial charge in [0.05, 0.1) is 13.2 Å². The van der Waals surface area contributed by atoms with Crippen LogP contribution in [0.4, 0.5) is 4.79 Å². The Morgan fingerprint density at radius 1 is 1.28 bits per heavy atom. The Morgan fingerprint density at radius 2 is 2.07 bits per heavy atom. The Labute approximate surface area is 168 Å². The number of carbonyl (C=O) groups is 2. The number of aromatic nitrogens is 2. The lowest BCUT2D eigenvalue weighted by Gasteiger charge is -2.26. The van der Waals surface area contributed by atoms with Crippen molar-refractivity contribution in [2.75, 3.05) is 32.8 Å². The third-order valence-electron chi connectivity index (χ3n) is 6.49. The normalized spacial score (nSPS) is 26.3. The molecule has 4 heterocycles. The smallest absolute Gasteiger partial charge is 0.410 e. The Morgan fingerprint density at radius 3 is 2.83 bits per heavy atom. The highest BCUT2D eigenvalue weighted by molar-refractivity contribution is 5.97. The molecule has 5 rings (SSSR count). The predicted octanol–water partition coefficient (Wildman–Crippen LogP) is 2.18. The first kappa shape index (κ1) is 18.4. The maximum atomic E-state index is 12.4. The van der Waals surface area contributed by atoms with Gasteiger partial charge in [-0.2, -0.15) is 0 Å². The van der Waals surface area contributed by atoms with Crippen LogP contribution in [0.15, 0.2) is 24.5 Å². The number of piperidine rings is 1. The summed E-state index contributed by atoms with van der Waals surface area (Å²) in [6.45, 7) is 3.55. The second-order valence-electron chi connectivity index (χ2n) is 8.28. The summed E-state index contributed by atoms with van der Waals surface area (Å²) >= 11 is 0. The molecule has 0 radical (unpaired) electrons. The van der Waals surface area contributed by atoms with Crippen molar-refractivity contribution in [2.24, 2.45) is 17.8 Å². The van der Waals surface area contributed by atoms with Gasteiger partial charge in [-0.3, -0.25) is 9.78 Å². The monoisotopic (exact) mass is 398 g/mol. The largest absolute Gasteiger partial charge is 0.446 e. The molecule has 154 valence electrons. The number of carbonyl (C=O) groups excluding carboxylic acids is 2. The summed E-state index contributed by atoms with van der Waals surface area (Å²) in [5.41, 5.74) is 1.47. The lowest BCUT2D eigenvalue weighted by Crippen LogP contribution is -2.36. The molecule has 2 unspecified atom stereocenters. The van der Waals surface area contributed by atoms with E-state index < -0.39 is 0 Å². The van der Waals surface area contributed by atoms with Crippen LogP contribution in [0.1, 0.15) is 29.8 Å². The number of H-pyrrole nitrogens is 1. The van der Waals surface area contributed by atoms with Gasteiger partial charge in [-0.05, 0) is 36.3 Å². The molecule has 0 bridgehead atoms. The lowest BCUT2D eigenvalue weighted by atomic mass is 10.1. The van der Waals surface area contributed by atoms with Crippen LogP contribution >= 0.6 is 0 Å². The van der Waals surface area contributed by atoms with E-state index in [-0.39, 0.29) is 18.1 Å². The first-order chi connectivity index (χ1) is 14.2. The summed E-state index contributed by atoms with van der Waals surface area (Å²) < 4.78 is 10.9. The first-order valence-electron chi connectivity index (χ1n) is 10.4. The van der Waals surface area contributed by atoms with E-state index in [0.717, 1.165) is 43.3 Å².